The van der Waals surface area contributed by atoms with Crippen LogP contribution in [0.15, 0.2) is 0 Å². The van der Waals surface area contributed by atoms with E-state index in [0.29, 0.717) is 0 Å². The van der Waals surface area contributed by atoms with Crippen molar-refractivity contribution in [1.29, 1.82) is 0 Å². The van der Waals surface area contributed by atoms with Gasteiger partial charge in [-0.05, 0) is 20.8 Å². The lowest BCUT2D eigenvalue weighted by molar-refractivity contribution is -0.210. The van der Waals surface area contributed by atoms with E-state index < -0.39 is 19.7 Å². The first kappa shape index (κ1) is 14.6. The molecule has 0 heterocycles. The predicted molar refractivity (Wildman–Crippen MR) is 53.4 cm³/mol. The summed E-state index contributed by atoms with van der Waals surface area (Å²) in [6.45, 7) is 5.59. The Morgan fingerprint density at radius 2 is 1.80 bits per heavy atom. The van der Waals surface area contributed by atoms with Crippen molar-refractivity contribution in [3.63, 3.8) is 0 Å². The Balaban J connectivity index is 4.23. The molecule has 6 nitrogen and oxygen atoms in total. The van der Waals surface area contributed by atoms with Crippen LogP contribution in [0.5, 0.6) is 0 Å². The molecule has 15 heavy (non-hydrogen) atoms. The molecule has 0 amide bonds. The zero-order valence-corrected chi connectivity index (χ0v) is 10.1. The van der Waals surface area contributed by atoms with Gasteiger partial charge in [-0.1, -0.05) is 0 Å². The number of esters is 1. The van der Waals surface area contributed by atoms with Gasteiger partial charge in [0.25, 0.3) is 0 Å². The van der Waals surface area contributed by atoms with Crippen molar-refractivity contribution in [2.45, 2.75) is 20.8 Å². The minimum Gasteiger partial charge on any atom is -0.465 e. The summed E-state index contributed by atoms with van der Waals surface area (Å²) in [5.74, 6) is -0.631. The van der Waals surface area contributed by atoms with Crippen LogP contribution < -0.4 is 0 Å². The van der Waals surface area contributed by atoms with Gasteiger partial charge in [-0.15, -0.1) is 4.67 Å². The Morgan fingerprint density at radius 1 is 1.13 bits per heavy atom. The fourth-order valence-corrected chi connectivity index (χ4v) is 2.04. The van der Waals surface area contributed by atoms with E-state index in [1.165, 1.54) is 0 Å². The molecule has 1 atom stereocenters. The second-order valence-electron chi connectivity index (χ2n) is 2.47. The van der Waals surface area contributed by atoms with E-state index in [1.54, 1.807) is 20.8 Å². The largest absolute Gasteiger partial charge is 0.465 e. The first-order valence-electron chi connectivity index (χ1n) is 4.78. The van der Waals surface area contributed by atoms with Crippen LogP contribution in [-0.2, 0) is 28.2 Å². The van der Waals surface area contributed by atoms with Crippen molar-refractivity contribution < 1.29 is 28.2 Å². The SMILES string of the molecule is CCOOP(=O)(CC(=O)OCC)OCC. The highest BCUT2D eigenvalue weighted by Gasteiger charge is 2.30. The predicted octanol–water partition coefficient (Wildman–Crippen LogP) is 1.75. The van der Waals surface area contributed by atoms with E-state index in [9.17, 15) is 9.36 Å². The lowest BCUT2D eigenvalue weighted by atomic mass is 10.8. The lowest BCUT2D eigenvalue weighted by Crippen LogP contribution is -2.13. The van der Waals surface area contributed by atoms with Gasteiger partial charge in [0.15, 0.2) is 0 Å². The van der Waals surface area contributed by atoms with E-state index in [2.05, 4.69) is 14.3 Å². The maximum absolute atomic E-state index is 11.8. The summed E-state index contributed by atoms with van der Waals surface area (Å²) < 4.78 is 25.8. The second kappa shape index (κ2) is 7.82. The molecule has 0 aliphatic carbocycles. The van der Waals surface area contributed by atoms with Crippen LogP contribution in [0.25, 0.3) is 0 Å². The monoisotopic (exact) mass is 240 g/mol. The molecule has 0 bridgehead atoms. The van der Waals surface area contributed by atoms with Crippen molar-refractivity contribution in [2.24, 2.45) is 0 Å². The first-order chi connectivity index (χ1) is 7.08. The van der Waals surface area contributed by atoms with Crippen LogP contribution in [0.4, 0.5) is 0 Å². The first-order valence-corrected chi connectivity index (χ1v) is 6.51. The Labute approximate surface area is 89.3 Å². The smallest absolute Gasteiger partial charge is 0.369 e. The van der Waals surface area contributed by atoms with Gasteiger partial charge < -0.3 is 9.26 Å². The maximum Gasteiger partial charge on any atom is 0.369 e. The van der Waals surface area contributed by atoms with E-state index in [1.807, 2.05) is 0 Å². The molecular formula is C8H17O6P. The summed E-state index contributed by atoms with van der Waals surface area (Å²) in [6, 6.07) is 0. The van der Waals surface area contributed by atoms with Crippen LogP contribution in [0.3, 0.4) is 0 Å². The molecule has 90 valence electrons. The van der Waals surface area contributed by atoms with Crippen LogP contribution in [0.2, 0.25) is 0 Å². The molecule has 1 unspecified atom stereocenters. The molecule has 0 aromatic rings. The Morgan fingerprint density at radius 3 is 2.27 bits per heavy atom. The molecule has 0 rings (SSSR count). The van der Waals surface area contributed by atoms with Crippen molar-refractivity contribution >= 4 is 13.6 Å². The summed E-state index contributed by atoms with van der Waals surface area (Å²) in [5.41, 5.74) is 0. The Bertz CT molecular complexity index is 229. The summed E-state index contributed by atoms with van der Waals surface area (Å²) >= 11 is 0. The molecule has 0 N–H and O–H groups in total. The summed E-state index contributed by atoms with van der Waals surface area (Å²) in [6.07, 6.45) is -0.436. The fourth-order valence-electron chi connectivity index (χ4n) is 0.788. The van der Waals surface area contributed by atoms with Crippen LogP contribution >= 0.6 is 7.60 Å². The average molecular weight is 240 g/mol. The highest BCUT2D eigenvalue weighted by atomic mass is 31.2. The fraction of sp³-hybridized carbons (Fsp3) is 0.875. The molecule has 7 heteroatoms. The van der Waals surface area contributed by atoms with E-state index in [0.717, 1.165) is 0 Å². The topological polar surface area (TPSA) is 71.1 Å². The van der Waals surface area contributed by atoms with Gasteiger partial charge in [0.2, 0.25) is 0 Å². The molecule has 0 radical (unpaired) electrons. The summed E-state index contributed by atoms with van der Waals surface area (Å²) in [4.78, 5) is 15.6. The molecule has 0 saturated heterocycles. The average Bonchev–Trinajstić information content (AvgIpc) is 2.15. The molecule has 0 aliphatic rings. The Kier molecular flexibility index (Phi) is 7.60. The Hall–Kier alpha value is -0.420. The third kappa shape index (κ3) is 6.62. The van der Waals surface area contributed by atoms with Crippen molar-refractivity contribution in [1.82, 2.24) is 0 Å². The number of carbonyl (C=O) groups is 1. The molecule has 0 saturated carbocycles. The van der Waals surface area contributed by atoms with E-state index in [4.69, 9.17) is 4.52 Å². The van der Waals surface area contributed by atoms with Gasteiger partial charge in [0.05, 0.1) is 19.8 Å². The number of rotatable bonds is 8. The third-order valence-corrected chi connectivity index (χ3v) is 2.87. The maximum atomic E-state index is 11.8. The van der Waals surface area contributed by atoms with Gasteiger partial charge in [-0.25, -0.2) is 4.89 Å². The zero-order valence-electron chi connectivity index (χ0n) is 9.23. The summed E-state index contributed by atoms with van der Waals surface area (Å²) in [7, 11) is -3.52. The van der Waals surface area contributed by atoms with Crippen molar-refractivity contribution in [3.8, 4) is 0 Å². The zero-order chi connectivity index (χ0) is 11.7. The molecule has 0 aromatic heterocycles. The van der Waals surface area contributed by atoms with Gasteiger partial charge in [-0.2, -0.15) is 0 Å². The van der Waals surface area contributed by atoms with E-state index in [-0.39, 0.29) is 19.8 Å². The number of carbonyl (C=O) groups excluding carboxylic acids is 1. The minimum absolute atomic E-state index is 0.170. The lowest BCUT2D eigenvalue weighted by Gasteiger charge is -2.14. The normalized spacial score (nSPS) is 14.6. The standard InChI is InChI=1S/C8H17O6P/c1-4-11-8(9)7-15(10,13-6-3)14-12-5-2/h4-7H2,1-3H3. The quantitative estimate of drug-likeness (QED) is 0.278. The molecule has 0 aromatic carbocycles. The van der Waals surface area contributed by atoms with Gasteiger partial charge in [-0.3, -0.25) is 9.36 Å². The van der Waals surface area contributed by atoms with Crippen LogP contribution in [-0.4, -0.2) is 32.0 Å². The third-order valence-electron chi connectivity index (χ3n) is 1.24. The van der Waals surface area contributed by atoms with Gasteiger partial charge in [0, 0.05) is 0 Å². The van der Waals surface area contributed by atoms with Crippen molar-refractivity contribution in [3.05, 3.63) is 0 Å². The number of hydrogen-bond donors (Lipinski definition) is 0. The van der Waals surface area contributed by atoms with Crippen LogP contribution in [0.1, 0.15) is 20.8 Å². The molecule has 0 aliphatic heterocycles. The number of ether oxygens (including phenoxy) is 1. The van der Waals surface area contributed by atoms with Gasteiger partial charge in [0.1, 0.15) is 6.16 Å². The highest BCUT2D eigenvalue weighted by molar-refractivity contribution is 7.54. The highest BCUT2D eigenvalue weighted by Crippen LogP contribution is 2.48. The molecule has 0 spiro atoms. The van der Waals surface area contributed by atoms with E-state index >= 15 is 0 Å². The van der Waals surface area contributed by atoms with Crippen molar-refractivity contribution in [2.75, 3.05) is 26.0 Å². The second-order valence-corrected chi connectivity index (χ2v) is 4.42. The minimum atomic E-state index is -3.52. The summed E-state index contributed by atoms with van der Waals surface area (Å²) in [5, 5.41) is 0. The molecular weight excluding hydrogens is 223 g/mol. The number of hydrogen-bond acceptors (Lipinski definition) is 6. The van der Waals surface area contributed by atoms with Gasteiger partial charge >= 0.3 is 13.6 Å². The molecule has 0 fully saturated rings. The van der Waals surface area contributed by atoms with Crippen LogP contribution in [0, 0.1) is 0 Å².